The molecule has 1 saturated carbocycles. The molecule has 1 nitrogen and oxygen atoms in total. The Labute approximate surface area is 102 Å². The van der Waals surface area contributed by atoms with Gasteiger partial charge in [-0.2, -0.15) is 0 Å². The summed E-state index contributed by atoms with van der Waals surface area (Å²) < 4.78 is 14.2. The van der Waals surface area contributed by atoms with Crippen LogP contribution >= 0.6 is 27.5 Å². The standard InChI is InChI=1S/C11H12BrClFN/c12-8-1-2-9(14)7(10(8)13)3-4-11(15)5-6-11/h1-2H,3-6,15H2. The second-order valence-electron chi connectivity index (χ2n) is 4.18. The van der Waals surface area contributed by atoms with Crippen LogP contribution < -0.4 is 5.73 Å². The predicted molar refractivity (Wildman–Crippen MR) is 63.6 cm³/mol. The van der Waals surface area contributed by atoms with Crippen molar-refractivity contribution in [3.63, 3.8) is 0 Å². The highest BCUT2D eigenvalue weighted by molar-refractivity contribution is 9.10. The summed E-state index contributed by atoms with van der Waals surface area (Å²) in [5.41, 5.74) is 6.47. The van der Waals surface area contributed by atoms with E-state index in [1.807, 2.05) is 0 Å². The molecule has 1 fully saturated rings. The van der Waals surface area contributed by atoms with Crippen LogP contribution in [0.2, 0.25) is 5.02 Å². The van der Waals surface area contributed by atoms with E-state index >= 15 is 0 Å². The Kier molecular flexibility index (Phi) is 3.06. The largest absolute Gasteiger partial charge is 0.325 e. The van der Waals surface area contributed by atoms with E-state index < -0.39 is 0 Å². The van der Waals surface area contributed by atoms with Gasteiger partial charge in [-0.05, 0) is 53.7 Å². The van der Waals surface area contributed by atoms with Crippen LogP contribution in [-0.2, 0) is 6.42 Å². The van der Waals surface area contributed by atoms with E-state index in [9.17, 15) is 4.39 Å². The number of halogens is 3. The van der Waals surface area contributed by atoms with Crippen molar-refractivity contribution in [2.24, 2.45) is 5.73 Å². The lowest BCUT2D eigenvalue weighted by Gasteiger charge is -2.11. The van der Waals surface area contributed by atoms with Crippen LogP contribution in [-0.4, -0.2) is 5.54 Å². The van der Waals surface area contributed by atoms with Gasteiger partial charge in [0.2, 0.25) is 0 Å². The smallest absolute Gasteiger partial charge is 0.127 e. The highest BCUT2D eigenvalue weighted by Crippen LogP contribution is 2.38. The first-order valence-electron chi connectivity index (χ1n) is 4.93. The maximum Gasteiger partial charge on any atom is 0.127 e. The molecule has 0 amide bonds. The molecule has 0 unspecified atom stereocenters. The molecule has 1 aliphatic carbocycles. The molecule has 0 heterocycles. The average molecular weight is 293 g/mol. The molecule has 0 aliphatic heterocycles. The fourth-order valence-electron chi connectivity index (χ4n) is 1.58. The lowest BCUT2D eigenvalue weighted by atomic mass is 10.0. The second kappa shape index (κ2) is 4.04. The Bertz CT molecular complexity index is 390. The molecule has 0 radical (unpaired) electrons. The van der Waals surface area contributed by atoms with Gasteiger partial charge in [0.05, 0.1) is 5.02 Å². The minimum Gasteiger partial charge on any atom is -0.325 e. The van der Waals surface area contributed by atoms with Crippen molar-refractivity contribution in [2.75, 3.05) is 0 Å². The van der Waals surface area contributed by atoms with Crippen molar-refractivity contribution in [1.82, 2.24) is 0 Å². The van der Waals surface area contributed by atoms with E-state index in [-0.39, 0.29) is 11.4 Å². The number of hydrogen-bond donors (Lipinski definition) is 1. The summed E-state index contributed by atoms with van der Waals surface area (Å²) in [5, 5.41) is 0.472. The molecule has 82 valence electrons. The summed E-state index contributed by atoms with van der Waals surface area (Å²) in [6.45, 7) is 0. The van der Waals surface area contributed by atoms with Crippen molar-refractivity contribution in [3.8, 4) is 0 Å². The van der Waals surface area contributed by atoms with Crippen molar-refractivity contribution in [1.29, 1.82) is 0 Å². The van der Waals surface area contributed by atoms with Crippen molar-refractivity contribution in [3.05, 3.63) is 33.0 Å². The third kappa shape index (κ3) is 2.52. The SMILES string of the molecule is NC1(CCc2c(F)ccc(Br)c2Cl)CC1. The predicted octanol–water partition coefficient (Wildman–Crippen LogP) is 3.67. The van der Waals surface area contributed by atoms with Gasteiger partial charge in [0.25, 0.3) is 0 Å². The molecule has 0 aromatic heterocycles. The molecule has 0 saturated heterocycles. The summed E-state index contributed by atoms with van der Waals surface area (Å²) in [4.78, 5) is 0. The zero-order valence-electron chi connectivity index (χ0n) is 8.19. The van der Waals surface area contributed by atoms with Crippen molar-refractivity contribution < 1.29 is 4.39 Å². The average Bonchev–Trinajstić information content (AvgIpc) is 2.91. The number of hydrogen-bond acceptors (Lipinski definition) is 1. The van der Waals surface area contributed by atoms with E-state index in [1.165, 1.54) is 6.07 Å². The summed E-state index contributed by atoms with van der Waals surface area (Å²) in [5.74, 6) is -0.243. The normalized spacial score (nSPS) is 17.9. The lowest BCUT2D eigenvalue weighted by Crippen LogP contribution is -2.22. The maximum absolute atomic E-state index is 13.5. The summed E-state index contributed by atoms with van der Waals surface area (Å²) >= 11 is 9.31. The topological polar surface area (TPSA) is 26.0 Å². The van der Waals surface area contributed by atoms with Crippen LogP contribution in [0.4, 0.5) is 4.39 Å². The van der Waals surface area contributed by atoms with E-state index in [0.29, 0.717) is 17.0 Å². The van der Waals surface area contributed by atoms with Crippen LogP contribution in [0.3, 0.4) is 0 Å². The van der Waals surface area contributed by atoms with Gasteiger partial charge in [-0.25, -0.2) is 4.39 Å². The molecular weight excluding hydrogens is 280 g/mol. The van der Waals surface area contributed by atoms with Gasteiger partial charge in [-0.1, -0.05) is 11.6 Å². The number of rotatable bonds is 3. The summed E-state index contributed by atoms with van der Waals surface area (Å²) in [6, 6.07) is 3.05. The molecule has 1 aliphatic rings. The Morgan fingerprint density at radius 3 is 2.73 bits per heavy atom. The third-order valence-corrected chi connectivity index (χ3v) is 4.22. The number of nitrogens with two attached hydrogens (primary N) is 1. The Balaban J connectivity index is 2.16. The molecule has 0 spiro atoms. The first-order chi connectivity index (χ1) is 7.02. The van der Waals surface area contributed by atoms with Crippen molar-refractivity contribution >= 4 is 27.5 Å². The fourth-order valence-corrected chi connectivity index (χ4v) is 2.20. The van der Waals surface area contributed by atoms with Gasteiger partial charge in [-0.15, -0.1) is 0 Å². The highest BCUT2D eigenvalue weighted by atomic mass is 79.9. The summed E-state index contributed by atoms with van der Waals surface area (Å²) in [6.07, 6.45) is 3.50. The first-order valence-corrected chi connectivity index (χ1v) is 6.10. The van der Waals surface area contributed by atoms with Crippen LogP contribution in [0.15, 0.2) is 16.6 Å². The molecular formula is C11H12BrClFN. The first kappa shape index (κ1) is 11.4. The fraction of sp³-hybridized carbons (Fsp3) is 0.455. The molecule has 1 aromatic rings. The quantitative estimate of drug-likeness (QED) is 0.845. The highest BCUT2D eigenvalue weighted by Gasteiger charge is 2.37. The molecule has 0 atom stereocenters. The van der Waals surface area contributed by atoms with E-state index in [2.05, 4.69) is 15.9 Å². The summed E-state index contributed by atoms with van der Waals surface area (Å²) in [7, 11) is 0. The zero-order chi connectivity index (χ0) is 11.1. The lowest BCUT2D eigenvalue weighted by molar-refractivity contribution is 0.571. The van der Waals surface area contributed by atoms with Gasteiger partial charge in [0.1, 0.15) is 5.82 Å². The number of benzene rings is 1. The molecule has 2 N–H and O–H groups in total. The molecule has 15 heavy (non-hydrogen) atoms. The van der Waals surface area contributed by atoms with Gasteiger partial charge >= 0.3 is 0 Å². The van der Waals surface area contributed by atoms with Gasteiger partial charge < -0.3 is 5.73 Å². The third-order valence-electron chi connectivity index (χ3n) is 2.90. The second-order valence-corrected chi connectivity index (χ2v) is 5.42. The molecule has 2 rings (SSSR count). The van der Waals surface area contributed by atoms with Crippen molar-refractivity contribution in [2.45, 2.75) is 31.2 Å². The van der Waals surface area contributed by atoms with Gasteiger partial charge in [-0.3, -0.25) is 0 Å². The molecule has 1 aromatic carbocycles. The molecule has 0 bridgehead atoms. The maximum atomic E-state index is 13.5. The van der Waals surface area contributed by atoms with E-state index in [4.69, 9.17) is 17.3 Å². The minimum atomic E-state index is -0.243. The van der Waals surface area contributed by atoms with Gasteiger partial charge in [0, 0.05) is 15.6 Å². The van der Waals surface area contributed by atoms with E-state index in [0.717, 1.165) is 23.7 Å². The Hall–Kier alpha value is -0.120. The van der Waals surface area contributed by atoms with E-state index in [1.54, 1.807) is 6.07 Å². The van der Waals surface area contributed by atoms with Crippen LogP contribution in [0.1, 0.15) is 24.8 Å². The molecule has 4 heteroatoms. The van der Waals surface area contributed by atoms with Gasteiger partial charge in [0.15, 0.2) is 0 Å². The monoisotopic (exact) mass is 291 g/mol. The van der Waals surface area contributed by atoms with Crippen LogP contribution in [0.25, 0.3) is 0 Å². The Morgan fingerprint density at radius 1 is 1.47 bits per heavy atom. The van der Waals surface area contributed by atoms with Crippen LogP contribution in [0, 0.1) is 5.82 Å². The minimum absolute atomic E-state index is 0.0575. The van der Waals surface area contributed by atoms with Crippen LogP contribution in [0.5, 0.6) is 0 Å². The Morgan fingerprint density at radius 2 is 2.13 bits per heavy atom. The zero-order valence-corrected chi connectivity index (χ0v) is 10.5.